The van der Waals surface area contributed by atoms with Gasteiger partial charge in [-0.2, -0.15) is 0 Å². The molecule has 4 heteroatoms. The molecule has 0 saturated heterocycles. The van der Waals surface area contributed by atoms with Gasteiger partial charge in [-0.25, -0.2) is 9.97 Å². The smallest absolute Gasteiger partial charge is 0.135 e. The fraction of sp³-hybridized carbons (Fsp3) is 0.692. The third-order valence-corrected chi connectivity index (χ3v) is 2.63. The highest BCUT2D eigenvalue weighted by Gasteiger charge is 2.09. The molecule has 0 radical (unpaired) electrons. The molecule has 0 bridgehead atoms. The van der Waals surface area contributed by atoms with Crippen LogP contribution in [-0.4, -0.2) is 23.1 Å². The summed E-state index contributed by atoms with van der Waals surface area (Å²) in [5, 5.41) is 6.50. The van der Waals surface area contributed by atoms with Crippen molar-refractivity contribution in [1.82, 2.24) is 9.97 Å². The van der Waals surface area contributed by atoms with E-state index in [0.29, 0.717) is 12.0 Å². The first-order chi connectivity index (χ1) is 8.06. The predicted octanol–water partition coefficient (Wildman–Crippen LogP) is 3.24. The van der Waals surface area contributed by atoms with Crippen LogP contribution in [0.4, 0.5) is 11.6 Å². The summed E-state index contributed by atoms with van der Waals surface area (Å²) in [6, 6.07) is 2.40. The van der Waals surface area contributed by atoms with E-state index >= 15 is 0 Å². The largest absolute Gasteiger partial charge is 0.373 e. The maximum atomic E-state index is 4.54. The lowest BCUT2D eigenvalue weighted by Gasteiger charge is -2.16. The number of nitrogens with one attached hydrogen (secondary N) is 2. The van der Waals surface area contributed by atoms with Crippen molar-refractivity contribution >= 4 is 11.6 Å². The second kappa shape index (κ2) is 6.42. The lowest BCUT2D eigenvalue weighted by Crippen LogP contribution is -2.17. The third kappa shape index (κ3) is 4.21. The number of nitrogens with zero attached hydrogens (tertiary/aromatic N) is 2. The minimum absolute atomic E-state index is 0.338. The lowest BCUT2D eigenvalue weighted by molar-refractivity contribution is 0.683. The van der Waals surface area contributed by atoms with Crippen LogP contribution >= 0.6 is 0 Å². The van der Waals surface area contributed by atoms with Gasteiger partial charge in [-0.15, -0.1) is 0 Å². The van der Waals surface area contributed by atoms with Gasteiger partial charge in [-0.1, -0.05) is 27.2 Å². The van der Waals surface area contributed by atoms with Gasteiger partial charge in [-0.3, -0.25) is 0 Å². The van der Waals surface area contributed by atoms with Gasteiger partial charge in [0.25, 0.3) is 0 Å². The first-order valence-corrected chi connectivity index (χ1v) is 6.40. The molecule has 1 unspecified atom stereocenters. The summed E-state index contributed by atoms with van der Waals surface area (Å²) in [6.45, 7) is 8.58. The summed E-state index contributed by atoms with van der Waals surface area (Å²) in [5.74, 6) is 3.00. The van der Waals surface area contributed by atoms with Crippen LogP contribution in [0.5, 0.6) is 0 Å². The van der Waals surface area contributed by atoms with E-state index in [1.165, 1.54) is 6.42 Å². The Labute approximate surface area is 104 Å². The third-order valence-electron chi connectivity index (χ3n) is 2.63. The molecule has 1 aromatic heterocycles. The Morgan fingerprint density at radius 3 is 2.35 bits per heavy atom. The van der Waals surface area contributed by atoms with E-state index in [4.69, 9.17) is 0 Å². The first kappa shape index (κ1) is 13.7. The van der Waals surface area contributed by atoms with Gasteiger partial charge in [0.2, 0.25) is 0 Å². The van der Waals surface area contributed by atoms with Crippen molar-refractivity contribution in [2.45, 2.75) is 52.5 Å². The van der Waals surface area contributed by atoms with Crippen LogP contribution in [0.2, 0.25) is 0 Å². The molecular weight excluding hydrogens is 212 g/mol. The average Bonchev–Trinajstić information content (AvgIpc) is 2.28. The summed E-state index contributed by atoms with van der Waals surface area (Å²) < 4.78 is 0. The molecule has 1 heterocycles. The first-order valence-electron chi connectivity index (χ1n) is 6.40. The molecule has 1 atom stereocenters. The predicted molar refractivity (Wildman–Crippen MR) is 73.7 cm³/mol. The van der Waals surface area contributed by atoms with Crippen LogP contribution in [0.15, 0.2) is 6.07 Å². The number of anilines is 2. The molecule has 17 heavy (non-hydrogen) atoms. The van der Waals surface area contributed by atoms with Crippen LogP contribution in [0.1, 0.15) is 52.3 Å². The van der Waals surface area contributed by atoms with Gasteiger partial charge in [0, 0.05) is 25.1 Å². The molecule has 0 amide bonds. The van der Waals surface area contributed by atoms with Gasteiger partial charge < -0.3 is 10.6 Å². The SMILES string of the molecule is CCCC(C)Nc1cc(NC)nc(C(C)C)n1. The Kier molecular flexibility index (Phi) is 5.19. The van der Waals surface area contributed by atoms with Crippen LogP contribution in [-0.2, 0) is 0 Å². The van der Waals surface area contributed by atoms with Crippen molar-refractivity contribution in [3.63, 3.8) is 0 Å². The van der Waals surface area contributed by atoms with E-state index in [2.05, 4.69) is 48.3 Å². The number of rotatable bonds is 6. The Balaban J connectivity index is 2.87. The van der Waals surface area contributed by atoms with Crippen molar-refractivity contribution in [1.29, 1.82) is 0 Å². The van der Waals surface area contributed by atoms with Gasteiger partial charge in [0.15, 0.2) is 0 Å². The Bertz CT molecular complexity index is 349. The molecule has 0 aliphatic rings. The number of aromatic nitrogens is 2. The number of hydrogen-bond acceptors (Lipinski definition) is 4. The summed E-state index contributed by atoms with van der Waals surface area (Å²) in [6.07, 6.45) is 2.32. The van der Waals surface area contributed by atoms with Crippen molar-refractivity contribution in [2.75, 3.05) is 17.7 Å². The van der Waals surface area contributed by atoms with Crippen molar-refractivity contribution in [2.24, 2.45) is 0 Å². The minimum atomic E-state index is 0.338. The molecule has 1 rings (SSSR count). The van der Waals surface area contributed by atoms with Gasteiger partial charge in [0.05, 0.1) is 0 Å². The van der Waals surface area contributed by atoms with E-state index < -0.39 is 0 Å². The normalized spacial score (nSPS) is 12.6. The Morgan fingerprint density at radius 1 is 1.18 bits per heavy atom. The monoisotopic (exact) mass is 236 g/mol. The average molecular weight is 236 g/mol. The van der Waals surface area contributed by atoms with Crippen molar-refractivity contribution in [3.8, 4) is 0 Å². The maximum Gasteiger partial charge on any atom is 0.135 e. The number of hydrogen-bond donors (Lipinski definition) is 2. The van der Waals surface area contributed by atoms with E-state index in [1.807, 2.05) is 13.1 Å². The lowest BCUT2D eigenvalue weighted by atomic mass is 10.2. The van der Waals surface area contributed by atoms with E-state index in [0.717, 1.165) is 23.9 Å². The highest BCUT2D eigenvalue weighted by Crippen LogP contribution is 2.17. The van der Waals surface area contributed by atoms with Crippen LogP contribution in [0.3, 0.4) is 0 Å². The highest BCUT2D eigenvalue weighted by molar-refractivity contribution is 5.47. The maximum absolute atomic E-state index is 4.54. The second-order valence-corrected chi connectivity index (χ2v) is 4.74. The van der Waals surface area contributed by atoms with E-state index in [1.54, 1.807) is 0 Å². The molecular formula is C13H24N4. The fourth-order valence-electron chi connectivity index (χ4n) is 1.68. The molecule has 0 spiro atoms. The zero-order valence-electron chi connectivity index (χ0n) is 11.5. The molecule has 0 aromatic carbocycles. The Morgan fingerprint density at radius 2 is 1.82 bits per heavy atom. The van der Waals surface area contributed by atoms with Crippen LogP contribution < -0.4 is 10.6 Å². The van der Waals surface area contributed by atoms with E-state index in [9.17, 15) is 0 Å². The summed E-state index contributed by atoms with van der Waals surface area (Å²) in [4.78, 5) is 8.98. The summed E-state index contributed by atoms with van der Waals surface area (Å²) in [7, 11) is 1.88. The zero-order valence-corrected chi connectivity index (χ0v) is 11.5. The zero-order chi connectivity index (χ0) is 12.8. The van der Waals surface area contributed by atoms with Crippen LogP contribution in [0.25, 0.3) is 0 Å². The Hall–Kier alpha value is -1.32. The van der Waals surface area contributed by atoms with Crippen LogP contribution in [0, 0.1) is 0 Å². The topological polar surface area (TPSA) is 49.8 Å². The standard InChI is InChI=1S/C13H24N4/c1-6-7-10(4)15-12-8-11(14-5)16-13(17-12)9(2)3/h8-10H,6-7H2,1-5H3,(H2,14,15,16,17). The summed E-state index contributed by atoms with van der Waals surface area (Å²) >= 11 is 0. The molecule has 0 aliphatic heterocycles. The molecule has 0 fully saturated rings. The van der Waals surface area contributed by atoms with Gasteiger partial charge in [0.1, 0.15) is 17.5 Å². The fourth-order valence-corrected chi connectivity index (χ4v) is 1.68. The molecule has 0 aliphatic carbocycles. The highest BCUT2D eigenvalue weighted by atomic mass is 15.1. The molecule has 0 saturated carbocycles. The quantitative estimate of drug-likeness (QED) is 0.796. The summed E-state index contributed by atoms with van der Waals surface area (Å²) in [5.41, 5.74) is 0. The molecule has 4 nitrogen and oxygen atoms in total. The second-order valence-electron chi connectivity index (χ2n) is 4.74. The molecule has 1 aromatic rings. The van der Waals surface area contributed by atoms with E-state index in [-0.39, 0.29) is 0 Å². The molecule has 2 N–H and O–H groups in total. The minimum Gasteiger partial charge on any atom is -0.373 e. The molecule has 96 valence electrons. The van der Waals surface area contributed by atoms with Crippen molar-refractivity contribution in [3.05, 3.63) is 11.9 Å². The van der Waals surface area contributed by atoms with Gasteiger partial charge in [-0.05, 0) is 13.3 Å². The van der Waals surface area contributed by atoms with Crippen molar-refractivity contribution < 1.29 is 0 Å². The van der Waals surface area contributed by atoms with Gasteiger partial charge >= 0.3 is 0 Å².